The van der Waals surface area contributed by atoms with Crippen LogP contribution in [-0.4, -0.2) is 29.9 Å². The first-order chi connectivity index (χ1) is 17.5. The first kappa shape index (κ1) is 22.0. The number of halogens is 3. The van der Waals surface area contributed by atoms with Gasteiger partial charge in [-0.15, -0.1) is 5.10 Å². The first-order valence-electron chi connectivity index (χ1n) is 11.3. The zero-order chi connectivity index (χ0) is 24.6. The molecule has 5 aromatic rings. The normalized spacial score (nSPS) is 14.1. The van der Waals surface area contributed by atoms with E-state index < -0.39 is 17.8 Å². The van der Waals surface area contributed by atoms with Crippen LogP contribution >= 0.6 is 0 Å². The molecule has 6 rings (SSSR count). The molecule has 0 amide bonds. The second kappa shape index (κ2) is 8.91. The molecule has 0 aliphatic heterocycles. The third kappa shape index (κ3) is 4.42. The maximum absolute atomic E-state index is 13.6. The molecule has 0 radical (unpaired) electrons. The Morgan fingerprint density at radius 3 is 2.53 bits per heavy atom. The number of aromatic nitrogens is 6. The Kier molecular flexibility index (Phi) is 5.44. The largest absolute Gasteiger partial charge is 0.373 e. The van der Waals surface area contributed by atoms with Gasteiger partial charge in [0.15, 0.2) is 5.82 Å². The van der Waals surface area contributed by atoms with E-state index in [0.29, 0.717) is 28.5 Å². The van der Waals surface area contributed by atoms with Crippen molar-refractivity contribution in [3.05, 3.63) is 96.1 Å². The van der Waals surface area contributed by atoms with Crippen molar-refractivity contribution in [1.29, 1.82) is 0 Å². The minimum absolute atomic E-state index is 0.244. The van der Waals surface area contributed by atoms with Gasteiger partial charge in [0.2, 0.25) is 5.95 Å². The Balaban J connectivity index is 1.35. The highest BCUT2D eigenvalue weighted by Crippen LogP contribution is 2.35. The second-order valence-electron chi connectivity index (χ2n) is 8.56. The fourth-order valence-electron chi connectivity index (χ4n) is 3.96. The van der Waals surface area contributed by atoms with Crippen molar-refractivity contribution in [2.75, 3.05) is 10.6 Å². The molecule has 1 fully saturated rings. The van der Waals surface area contributed by atoms with E-state index in [1.165, 1.54) is 24.7 Å². The van der Waals surface area contributed by atoms with E-state index >= 15 is 0 Å². The van der Waals surface area contributed by atoms with Gasteiger partial charge in [-0.3, -0.25) is 0 Å². The van der Waals surface area contributed by atoms with E-state index in [1.807, 2.05) is 29.1 Å². The molecule has 2 aromatic carbocycles. The summed E-state index contributed by atoms with van der Waals surface area (Å²) in [6.45, 7) is 0. The molecule has 36 heavy (non-hydrogen) atoms. The van der Waals surface area contributed by atoms with E-state index in [2.05, 4.69) is 35.9 Å². The second-order valence-corrected chi connectivity index (χ2v) is 8.56. The van der Waals surface area contributed by atoms with Gasteiger partial charge in [0.1, 0.15) is 23.7 Å². The zero-order valence-corrected chi connectivity index (χ0v) is 18.7. The lowest BCUT2D eigenvalue weighted by Crippen LogP contribution is -2.13. The molecule has 1 aliphatic carbocycles. The van der Waals surface area contributed by atoms with Crippen LogP contribution in [0.4, 0.5) is 30.4 Å². The number of hydrogen-bond donors (Lipinski definition) is 2. The minimum atomic E-state index is -1.18. The van der Waals surface area contributed by atoms with Crippen LogP contribution in [0.3, 0.4) is 0 Å². The highest BCUT2D eigenvalue weighted by molar-refractivity contribution is 5.93. The first-order valence-corrected chi connectivity index (χ1v) is 11.3. The molecule has 180 valence electrons. The summed E-state index contributed by atoms with van der Waals surface area (Å²) in [5.41, 5.74) is 3.12. The van der Waals surface area contributed by atoms with Gasteiger partial charge in [0.05, 0.1) is 35.7 Å². The highest BCUT2D eigenvalue weighted by Gasteiger charge is 2.27. The fraction of sp³-hybridized carbons (Fsp3) is 0.160. The van der Waals surface area contributed by atoms with E-state index in [4.69, 9.17) is 0 Å². The fourth-order valence-corrected chi connectivity index (χ4v) is 3.96. The van der Waals surface area contributed by atoms with Gasteiger partial charge < -0.3 is 10.6 Å². The van der Waals surface area contributed by atoms with Crippen LogP contribution in [0.1, 0.15) is 36.2 Å². The number of fused-ring (bicyclic) bond motifs is 1. The van der Waals surface area contributed by atoms with Crippen molar-refractivity contribution in [2.24, 2.45) is 0 Å². The van der Waals surface area contributed by atoms with E-state index in [1.54, 1.807) is 12.1 Å². The lowest BCUT2D eigenvalue weighted by molar-refractivity contribution is 0.480. The van der Waals surface area contributed by atoms with Crippen LogP contribution in [0.5, 0.6) is 0 Å². The molecule has 11 heteroatoms. The molecule has 1 aliphatic rings. The Morgan fingerprint density at radius 1 is 0.917 bits per heavy atom. The number of pyridine rings is 1. The average molecular weight is 488 g/mol. The zero-order valence-electron chi connectivity index (χ0n) is 18.7. The van der Waals surface area contributed by atoms with Crippen molar-refractivity contribution in [3.8, 4) is 0 Å². The molecule has 0 spiro atoms. The van der Waals surface area contributed by atoms with Gasteiger partial charge in [-0.25, -0.2) is 28.4 Å². The molecule has 1 atom stereocenters. The van der Waals surface area contributed by atoms with Crippen molar-refractivity contribution >= 4 is 28.1 Å². The Bertz CT molecular complexity index is 1550. The summed E-state index contributed by atoms with van der Waals surface area (Å²) >= 11 is 0. The molecule has 1 saturated carbocycles. The Hall–Kier alpha value is -4.54. The summed E-state index contributed by atoms with van der Waals surface area (Å²) in [5, 5.41) is 15.7. The minimum Gasteiger partial charge on any atom is -0.373 e. The van der Waals surface area contributed by atoms with Gasteiger partial charge in [0.25, 0.3) is 0 Å². The summed E-state index contributed by atoms with van der Waals surface area (Å²) in [7, 11) is 0. The number of benzene rings is 2. The predicted molar refractivity (Wildman–Crippen MR) is 127 cm³/mol. The summed E-state index contributed by atoms with van der Waals surface area (Å²) in [5.74, 6) is -2.17. The van der Waals surface area contributed by atoms with Crippen molar-refractivity contribution in [2.45, 2.75) is 24.9 Å². The van der Waals surface area contributed by atoms with Gasteiger partial charge in [-0.2, -0.15) is 4.39 Å². The van der Waals surface area contributed by atoms with Crippen LogP contribution in [-0.2, 0) is 0 Å². The highest BCUT2D eigenvalue weighted by atomic mass is 19.2. The third-order valence-corrected chi connectivity index (χ3v) is 5.95. The van der Waals surface area contributed by atoms with Gasteiger partial charge in [-0.05, 0) is 48.7 Å². The molecule has 3 heterocycles. The molecule has 3 aromatic heterocycles. The lowest BCUT2D eigenvalue weighted by atomic mass is 10.0. The van der Waals surface area contributed by atoms with E-state index in [9.17, 15) is 13.2 Å². The van der Waals surface area contributed by atoms with Gasteiger partial charge in [0, 0.05) is 17.1 Å². The number of anilines is 3. The summed E-state index contributed by atoms with van der Waals surface area (Å²) in [6, 6.07) is 12.7. The Labute approximate surface area is 203 Å². The molecule has 2 N–H and O–H groups in total. The maximum atomic E-state index is 13.6. The number of nitrogens with one attached hydrogen (secondary N) is 2. The van der Waals surface area contributed by atoms with Crippen LogP contribution in [0.2, 0.25) is 0 Å². The quantitative estimate of drug-likeness (QED) is 0.300. The van der Waals surface area contributed by atoms with E-state index in [-0.39, 0.29) is 11.5 Å². The monoisotopic (exact) mass is 488 g/mol. The Morgan fingerprint density at radius 2 is 1.75 bits per heavy atom. The van der Waals surface area contributed by atoms with Gasteiger partial charge >= 0.3 is 0 Å². The molecule has 0 bridgehead atoms. The van der Waals surface area contributed by atoms with Crippen LogP contribution in [0.15, 0.2) is 67.3 Å². The SMILES string of the molecule is Fc1ccc(C(Nc2ccc3ncnc(Nc4cnc(F)c(F)c4)c3c2)c2cn(C3CC3)nn2)cc1. The molecular formula is C25H19F3N8. The molecule has 8 nitrogen and oxygen atoms in total. The number of nitrogens with zero attached hydrogens (tertiary/aromatic N) is 6. The lowest BCUT2D eigenvalue weighted by Gasteiger charge is -2.19. The van der Waals surface area contributed by atoms with Crippen molar-refractivity contribution in [1.82, 2.24) is 29.9 Å². The number of rotatable bonds is 7. The predicted octanol–water partition coefficient (Wildman–Crippen LogP) is 5.31. The van der Waals surface area contributed by atoms with Crippen molar-refractivity contribution < 1.29 is 13.2 Å². The standard InChI is InChI=1S/C25H19F3N8/c26-15-3-1-14(2-4-15)23(22-12-36(35-34-22)18-6-7-18)32-16-5-8-21-19(9-16)25(31-13-30-21)33-17-10-20(27)24(28)29-11-17/h1-5,8-13,18,23,32H,6-7H2,(H,30,31,33). The molecule has 0 saturated heterocycles. The van der Waals surface area contributed by atoms with Crippen LogP contribution in [0, 0.1) is 17.6 Å². The van der Waals surface area contributed by atoms with Crippen molar-refractivity contribution in [3.63, 3.8) is 0 Å². The topological polar surface area (TPSA) is 93.4 Å². The van der Waals surface area contributed by atoms with Gasteiger partial charge in [-0.1, -0.05) is 17.3 Å². The summed E-state index contributed by atoms with van der Waals surface area (Å²) in [4.78, 5) is 12.0. The average Bonchev–Trinajstić information content (AvgIpc) is 3.62. The smallest absolute Gasteiger partial charge is 0.249 e. The molecule has 1 unspecified atom stereocenters. The maximum Gasteiger partial charge on any atom is 0.249 e. The van der Waals surface area contributed by atoms with E-state index in [0.717, 1.165) is 30.2 Å². The molecular weight excluding hydrogens is 469 g/mol. The van der Waals surface area contributed by atoms with Crippen LogP contribution < -0.4 is 10.6 Å². The summed E-state index contributed by atoms with van der Waals surface area (Å²) < 4.78 is 42.4. The number of hydrogen-bond acceptors (Lipinski definition) is 7. The third-order valence-electron chi connectivity index (χ3n) is 5.95. The van der Waals surface area contributed by atoms with Crippen LogP contribution in [0.25, 0.3) is 10.9 Å². The summed E-state index contributed by atoms with van der Waals surface area (Å²) in [6.07, 6.45) is 6.62.